The van der Waals surface area contributed by atoms with E-state index in [-0.39, 0.29) is 17.4 Å². The summed E-state index contributed by atoms with van der Waals surface area (Å²) in [4.78, 5) is 16.3. The first-order valence-corrected chi connectivity index (χ1v) is 9.25. The normalized spacial score (nSPS) is 12.0. The molecule has 5 nitrogen and oxygen atoms in total. The Bertz CT molecular complexity index is 798. The fourth-order valence-corrected chi connectivity index (χ4v) is 3.80. The molecule has 0 spiro atoms. The average Bonchev–Trinajstić information content (AvgIpc) is 3.18. The second kappa shape index (κ2) is 7.34. The molecule has 118 valence electrons. The molecular formula is C16H14N2O3S2. The Kier molecular flexibility index (Phi) is 4.99. The van der Waals surface area contributed by atoms with Crippen LogP contribution in [-0.4, -0.2) is 20.9 Å². The number of aromatic nitrogens is 1. The van der Waals surface area contributed by atoms with Crippen LogP contribution in [0, 0.1) is 0 Å². The molecule has 0 bridgehead atoms. The van der Waals surface area contributed by atoms with Crippen molar-refractivity contribution in [3.05, 3.63) is 59.8 Å². The van der Waals surface area contributed by atoms with Crippen molar-refractivity contribution in [2.45, 2.75) is 5.75 Å². The highest BCUT2D eigenvalue weighted by molar-refractivity contribution is 7.84. The zero-order valence-corrected chi connectivity index (χ0v) is 13.7. The molecule has 3 aromatic rings. The first kappa shape index (κ1) is 15.6. The van der Waals surface area contributed by atoms with Crippen LogP contribution >= 0.6 is 11.3 Å². The first-order valence-electron chi connectivity index (χ1n) is 6.89. The van der Waals surface area contributed by atoms with Crippen molar-refractivity contribution in [1.29, 1.82) is 0 Å². The molecule has 1 N–H and O–H groups in total. The molecule has 2 heterocycles. The molecule has 3 rings (SSSR count). The molecule has 1 atom stereocenters. The smallest absolute Gasteiger partial charge is 0.237 e. The number of carbonyl (C=O) groups is 1. The molecule has 23 heavy (non-hydrogen) atoms. The van der Waals surface area contributed by atoms with Crippen LogP contribution in [0.25, 0.3) is 10.8 Å². The van der Waals surface area contributed by atoms with E-state index in [1.165, 1.54) is 11.3 Å². The Morgan fingerprint density at radius 2 is 2.04 bits per heavy atom. The molecule has 0 aliphatic heterocycles. The molecule has 2 aromatic heterocycles. The van der Waals surface area contributed by atoms with E-state index in [9.17, 15) is 9.00 Å². The third kappa shape index (κ3) is 4.37. The standard InChI is InChI=1S/C16H14N2O3S2/c19-15(17-12-5-2-1-3-6-12)11-23(20)10-13-9-22-16(18-13)14-7-4-8-21-14/h1-9H,10-11H2,(H,17,19). The van der Waals surface area contributed by atoms with Crippen LogP contribution in [0.3, 0.4) is 0 Å². The van der Waals surface area contributed by atoms with E-state index < -0.39 is 10.8 Å². The number of carbonyl (C=O) groups excluding carboxylic acids is 1. The summed E-state index contributed by atoms with van der Waals surface area (Å²) in [7, 11) is -1.31. The van der Waals surface area contributed by atoms with Gasteiger partial charge in [0.25, 0.3) is 0 Å². The van der Waals surface area contributed by atoms with Crippen molar-refractivity contribution < 1.29 is 13.4 Å². The minimum atomic E-state index is -1.31. The van der Waals surface area contributed by atoms with Crippen molar-refractivity contribution in [2.75, 3.05) is 11.1 Å². The molecule has 1 amide bonds. The summed E-state index contributed by atoms with van der Waals surface area (Å²) in [5, 5.41) is 5.31. The van der Waals surface area contributed by atoms with Crippen LogP contribution in [-0.2, 0) is 21.3 Å². The van der Waals surface area contributed by atoms with Gasteiger partial charge in [0.1, 0.15) is 5.75 Å². The Morgan fingerprint density at radius 3 is 2.78 bits per heavy atom. The SMILES string of the molecule is O=C(CS(=O)Cc1csc(-c2ccco2)n1)Nc1ccccc1. The van der Waals surface area contributed by atoms with E-state index in [1.807, 2.05) is 29.6 Å². The fraction of sp³-hybridized carbons (Fsp3) is 0.125. The monoisotopic (exact) mass is 346 g/mol. The Balaban J connectivity index is 1.54. The molecule has 0 radical (unpaired) electrons. The Hall–Kier alpha value is -2.25. The van der Waals surface area contributed by atoms with Crippen LogP contribution < -0.4 is 5.32 Å². The van der Waals surface area contributed by atoms with Gasteiger partial charge in [0.15, 0.2) is 10.8 Å². The number of hydrogen-bond acceptors (Lipinski definition) is 5. The summed E-state index contributed by atoms with van der Waals surface area (Å²) in [6.07, 6.45) is 1.59. The number of anilines is 1. The van der Waals surface area contributed by atoms with E-state index in [2.05, 4.69) is 10.3 Å². The lowest BCUT2D eigenvalue weighted by atomic mass is 10.3. The zero-order chi connectivity index (χ0) is 16.1. The maximum Gasteiger partial charge on any atom is 0.237 e. The quantitative estimate of drug-likeness (QED) is 0.743. The molecule has 1 aromatic carbocycles. The van der Waals surface area contributed by atoms with Crippen LogP contribution in [0.1, 0.15) is 5.69 Å². The van der Waals surface area contributed by atoms with Crippen molar-refractivity contribution >= 4 is 33.7 Å². The number of amides is 1. The van der Waals surface area contributed by atoms with Crippen molar-refractivity contribution in [2.24, 2.45) is 0 Å². The second-order valence-electron chi connectivity index (χ2n) is 4.76. The van der Waals surface area contributed by atoms with E-state index in [0.717, 1.165) is 5.01 Å². The molecule has 1 unspecified atom stereocenters. The lowest BCUT2D eigenvalue weighted by Crippen LogP contribution is -2.20. The predicted molar refractivity (Wildman–Crippen MR) is 91.6 cm³/mol. The van der Waals surface area contributed by atoms with Gasteiger partial charge in [-0.25, -0.2) is 4.98 Å². The largest absolute Gasteiger partial charge is 0.462 e. The summed E-state index contributed by atoms with van der Waals surface area (Å²) >= 11 is 1.43. The highest BCUT2D eigenvalue weighted by Crippen LogP contribution is 2.24. The lowest BCUT2D eigenvalue weighted by molar-refractivity contribution is -0.113. The number of benzene rings is 1. The molecule has 0 fully saturated rings. The number of hydrogen-bond donors (Lipinski definition) is 1. The summed E-state index contributed by atoms with van der Waals surface area (Å²) in [6, 6.07) is 12.7. The topological polar surface area (TPSA) is 72.2 Å². The van der Waals surface area contributed by atoms with Gasteiger partial charge in [-0.1, -0.05) is 18.2 Å². The molecule has 7 heteroatoms. The number of para-hydroxylation sites is 1. The van der Waals surface area contributed by atoms with E-state index in [1.54, 1.807) is 24.5 Å². The van der Waals surface area contributed by atoms with Gasteiger partial charge in [-0.2, -0.15) is 0 Å². The predicted octanol–water partition coefficient (Wildman–Crippen LogP) is 3.29. The number of thiazole rings is 1. The highest BCUT2D eigenvalue weighted by Gasteiger charge is 2.12. The van der Waals surface area contributed by atoms with Gasteiger partial charge in [-0.3, -0.25) is 9.00 Å². The van der Waals surface area contributed by atoms with Gasteiger partial charge in [-0.15, -0.1) is 11.3 Å². The van der Waals surface area contributed by atoms with Crippen molar-refractivity contribution in [3.8, 4) is 10.8 Å². The molecule has 0 aliphatic carbocycles. The summed E-state index contributed by atoms with van der Waals surface area (Å²) in [6.45, 7) is 0. The van der Waals surface area contributed by atoms with Gasteiger partial charge in [0.2, 0.25) is 5.91 Å². The molecule has 0 aliphatic rings. The van der Waals surface area contributed by atoms with Crippen molar-refractivity contribution in [1.82, 2.24) is 4.98 Å². The van der Waals surface area contributed by atoms with Crippen LogP contribution in [0.4, 0.5) is 5.69 Å². The highest BCUT2D eigenvalue weighted by atomic mass is 32.2. The van der Waals surface area contributed by atoms with Gasteiger partial charge >= 0.3 is 0 Å². The summed E-state index contributed by atoms with van der Waals surface area (Å²) in [5.74, 6) is 0.618. The lowest BCUT2D eigenvalue weighted by Gasteiger charge is -2.04. The number of rotatable bonds is 6. The number of furan rings is 1. The Morgan fingerprint density at radius 1 is 1.22 bits per heavy atom. The zero-order valence-electron chi connectivity index (χ0n) is 12.1. The first-order chi connectivity index (χ1) is 11.2. The van der Waals surface area contributed by atoms with Crippen LogP contribution in [0.2, 0.25) is 0 Å². The third-order valence-corrected chi connectivity index (χ3v) is 5.05. The van der Waals surface area contributed by atoms with Gasteiger partial charge in [-0.05, 0) is 24.3 Å². The maximum absolute atomic E-state index is 12.1. The third-order valence-electron chi connectivity index (χ3n) is 2.94. The van der Waals surface area contributed by atoms with Gasteiger partial charge in [0.05, 0.1) is 17.7 Å². The van der Waals surface area contributed by atoms with Gasteiger partial charge in [0, 0.05) is 21.9 Å². The number of nitrogens with zero attached hydrogens (tertiary/aromatic N) is 1. The average molecular weight is 346 g/mol. The second-order valence-corrected chi connectivity index (χ2v) is 7.08. The molecular weight excluding hydrogens is 332 g/mol. The molecule has 0 saturated heterocycles. The molecule has 0 saturated carbocycles. The van der Waals surface area contributed by atoms with E-state index in [0.29, 0.717) is 17.1 Å². The van der Waals surface area contributed by atoms with Crippen LogP contribution in [0.15, 0.2) is 58.5 Å². The fourth-order valence-electron chi connectivity index (χ4n) is 1.97. The van der Waals surface area contributed by atoms with E-state index in [4.69, 9.17) is 4.42 Å². The van der Waals surface area contributed by atoms with Crippen LogP contribution in [0.5, 0.6) is 0 Å². The summed E-state index contributed by atoms with van der Waals surface area (Å²) in [5.41, 5.74) is 1.40. The number of nitrogens with one attached hydrogen (secondary N) is 1. The van der Waals surface area contributed by atoms with Crippen molar-refractivity contribution in [3.63, 3.8) is 0 Å². The van der Waals surface area contributed by atoms with E-state index >= 15 is 0 Å². The Labute approximate surface area is 139 Å². The minimum absolute atomic E-state index is 0.0531. The van der Waals surface area contributed by atoms with Gasteiger partial charge < -0.3 is 9.73 Å². The maximum atomic E-state index is 12.1. The summed E-state index contributed by atoms with van der Waals surface area (Å²) < 4.78 is 17.4. The minimum Gasteiger partial charge on any atom is -0.462 e.